The van der Waals surface area contributed by atoms with E-state index in [1.165, 1.54) is 23.4 Å². The lowest BCUT2D eigenvalue weighted by Gasteiger charge is -2.22. The maximum atomic E-state index is 5.28. The van der Waals surface area contributed by atoms with Crippen LogP contribution >= 0.6 is 11.8 Å². The highest BCUT2D eigenvalue weighted by atomic mass is 32.2. The van der Waals surface area contributed by atoms with Gasteiger partial charge in [0, 0.05) is 11.6 Å². The van der Waals surface area contributed by atoms with Crippen LogP contribution in [-0.4, -0.2) is 28.9 Å². The van der Waals surface area contributed by atoms with E-state index in [1.54, 1.807) is 7.11 Å². The van der Waals surface area contributed by atoms with Crippen molar-refractivity contribution in [3.8, 4) is 0 Å². The summed E-state index contributed by atoms with van der Waals surface area (Å²) in [5.41, 5.74) is 2.36. The summed E-state index contributed by atoms with van der Waals surface area (Å²) in [5.74, 6) is 4.90. The quantitative estimate of drug-likeness (QED) is 0.860. The summed E-state index contributed by atoms with van der Waals surface area (Å²) in [5, 5.41) is 4.07. The van der Waals surface area contributed by atoms with Crippen LogP contribution in [0.15, 0.2) is 30.1 Å². The summed E-state index contributed by atoms with van der Waals surface area (Å²) in [7, 11) is 1.71. The first-order chi connectivity index (χ1) is 12.2. The van der Waals surface area contributed by atoms with Gasteiger partial charge in [-0.1, -0.05) is 25.2 Å². The SMILES string of the molecule is COC1=CCC(Nc2nc(C3CC(C)CS3)nc3c2C=CCC3)C=C1. The summed E-state index contributed by atoms with van der Waals surface area (Å²) >= 11 is 2.00. The van der Waals surface area contributed by atoms with Crippen LogP contribution in [0.3, 0.4) is 0 Å². The molecule has 132 valence electrons. The normalized spacial score (nSPS) is 27.8. The van der Waals surface area contributed by atoms with Crippen LogP contribution in [0.4, 0.5) is 5.82 Å². The fraction of sp³-hybridized carbons (Fsp3) is 0.500. The van der Waals surface area contributed by atoms with Crippen LogP contribution in [0.25, 0.3) is 6.08 Å². The van der Waals surface area contributed by atoms with E-state index >= 15 is 0 Å². The highest BCUT2D eigenvalue weighted by Crippen LogP contribution is 2.42. The van der Waals surface area contributed by atoms with Gasteiger partial charge in [-0.3, -0.25) is 0 Å². The zero-order valence-corrected chi connectivity index (χ0v) is 15.7. The van der Waals surface area contributed by atoms with E-state index in [9.17, 15) is 0 Å². The molecule has 1 aliphatic heterocycles. The van der Waals surface area contributed by atoms with Crippen LogP contribution in [0, 0.1) is 5.92 Å². The molecule has 3 aliphatic rings. The molecule has 0 radical (unpaired) electrons. The number of thioether (sulfide) groups is 1. The molecule has 5 heteroatoms. The molecule has 4 nitrogen and oxygen atoms in total. The molecular weight excluding hydrogens is 330 g/mol. The highest BCUT2D eigenvalue weighted by Gasteiger charge is 2.28. The number of aryl methyl sites for hydroxylation is 1. The van der Waals surface area contributed by atoms with Gasteiger partial charge in [0.1, 0.15) is 17.4 Å². The number of aromatic nitrogens is 2. The molecule has 1 fully saturated rings. The molecule has 3 atom stereocenters. The van der Waals surface area contributed by atoms with E-state index in [0.717, 1.165) is 42.6 Å². The number of rotatable bonds is 4. The number of ether oxygens (including phenoxy) is 1. The van der Waals surface area contributed by atoms with E-state index < -0.39 is 0 Å². The second-order valence-corrected chi connectivity index (χ2v) is 8.29. The Hall–Kier alpha value is -1.75. The highest BCUT2D eigenvalue weighted by molar-refractivity contribution is 7.99. The minimum absolute atomic E-state index is 0.247. The Bertz CT molecular complexity index is 741. The number of nitrogens with one attached hydrogen (secondary N) is 1. The number of allylic oxidation sites excluding steroid dienone is 2. The predicted molar refractivity (Wildman–Crippen MR) is 105 cm³/mol. The van der Waals surface area contributed by atoms with E-state index in [1.807, 2.05) is 17.8 Å². The van der Waals surface area contributed by atoms with Gasteiger partial charge in [0.2, 0.25) is 0 Å². The molecule has 0 saturated carbocycles. The molecular formula is C20H25N3OS. The van der Waals surface area contributed by atoms with E-state index in [-0.39, 0.29) is 6.04 Å². The van der Waals surface area contributed by atoms with Crippen molar-refractivity contribution in [2.45, 2.75) is 43.9 Å². The van der Waals surface area contributed by atoms with Gasteiger partial charge in [0.15, 0.2) is 0 Å². The van der Waals surface area contributed by atoms with Crippen molar-refractivity contribution in [2.24, 2.45) is 5.92 Å². The van der Waals surface area contributed by atoms with Crippen molar-refractivity contribution in [2.75, 3.05) is 18.2 Å². The maximum Gasteiger partial charge on any atom is 0.144 e. The third-order valence-electron chi connectivity index (χ3n) is 4.98. The van der Waals surface area contributed by atoms with Gasteiger partial charge in [0.05, 0.1) is 18.1 Å². The van der Waals surface area contributed by atoms with Crippen LogP contribution in [0.1, 0.15) is 48.5 Å². The number of fused-ring (bicyclic) bond motifs is 1. The Morgan fingerprint density at radius 1 is 1.28 bits per heavy atom. The molecule has 1 aromatic heterocycles. The van der Waals surface area contributed by atoms with Gasteiger partial charge in [-0.05, 0) is 49.5 Å². The van der Waals surface area contributed by atoms with E-state index in [0.29, 0.717) is 5.25 Å². The van der Waals surface area contributed by atoms with Gasteiger partial charge in [-0.15, -0.1) is 0 Å². The van der Waals surface area contributed by atoms with Crippen LogP contribution in [-0.2, 0) is 11.2 Å². The molecule has 3 unspecified atom stereocenters. The average molecular weight is 356 g/mol. The Morgan fingerprint density at radius 3 is 2.92 bits per heavy atom. The molecule has 0 aromatic carbocycles. The summed E-state index contributed by atoms with van der Waals surface area (Å²) < 4.78 is 5.28. The van der Waals surface area contributed by atoms with Crippen molar-refractivity contribution in [3.05, 3.63) is 47.1 Å². The maximum absolute atomic E-state index is 5.28. The lowest BCUT2D eigenvalue weighted by molar-refractivity contribution is 0.303. The second-order valence-electron chi connectivity index (χ2n) is 7.05. The minimum atomic E-state index is 0.247. The Morgan fingerprint density at radius 2 is 2.20 bits per heavy atom. The van der Waals surface area contributed by atoms with Gasteiger partial charge in [0.25, 0.3) is 0 Å². The van der Waals surface area contributed by atoms with Crippen molar-refractivity contribution >= 4 is 23.7 Å². The molecule has 0 spiro atoms. The summed E-state index contributed by atoms with van der Waals surface area (Å²) in [6.07, 6.45) is 14.9. The predicted octanol–water partition coefficient (Wildman–Crippen LogP) is 4.52. The van der Waals surface area contributed by atoms with Crippen LogP contribution < -0.4 is 5.32 Å². The minimum Gasteiger partial charge on any atom is -0.497 e. The number of anilines is 1. The Balaban J connectivity index is 1.61. The summed E-state index contributed by atoms with van der Waals surface area (Å²) in [6, 6.07) is 0.247. The molecule has 25 heavy (non-hydrogen) atoms. The fourth-order valence-electron chi connectivity index (χ4n) is 3.57. The lowest BCUT2D eigenvalue weighted by Crippen LogP contribution is -2.21. The van der Waals surface area contributed by atoms with Crippen LogP contribution in [0.5, 0.6) is 0 Å². The fourth-order valence-corrected chi connectivity index (χ4v) is 4.99. The number of hydrogen-bond acceptors (Lipinski definition) is 5. The van der Waals surface area contributed by atoms with E-state index in [4.69, 9.17) is 14.7 Å². The molecule has 2 heterocycles. The monoisotopic (exact) mass is 355 g/mol. The van der Waals surface area contributed by atoms with Gasteiger partial charge in [-0.2, -0.15) is 11.8 Å². The molecule has 1 aromatic rings. The Labute approximate surface area is 153 Å². The first kappa shape index (κ1) is 16.7. The van der Waals surface area contributed by atoms with Crippen molar-refractivity contribution in [3.63, 3.8) is 0 Å². The average Bonchev–Trinajstić information content (AvgIpc) is 3.09. The van der Waals surface area contributed by atoms with Gasteiger partial charge < -0.3 is 10.1 Å². The number of hydrogen-bond donors (Lipinski definition) is 1. The molecule has 4 rings (SSSR count). The lowest BCUT2D eigenvalue weighted by atomic mass is 10.0. The van der Waals surface area contributed by atoms with Crippen molar-refractivity contribution in [1.29, 1.82) is 0 Å². The van der Waals surface area contributed by atoms with Crippen molar-refractivity contribution < 1.29 is 4.74 Å². The third kappa shape index (κ3) is 3.61. The van der Waals surface area contributed by atoms with Gasteiger partial charge >= 0.3 is 0 Å². The zero-order valence-electron chi connectivity index (χ0n) is 14.9. The molecule has 2 aliphatic carbocycles. The molecule has 0 bridgehead atoms. The third-order valence-corrected chi connectivity index (χ3v) is 6.55. The first-order valence-electron chi connectivity index (χ1n) is 9.10. The number of nitrogens with zero attached hydrogens (tertiary/aromatic N) is 2. The second kappa shape index (κ2) is 7.24. The first-order valence-corrected chi connectivity index (χ1v) is 10.2. The molecule has 1 saturated heterocycles. The largest absolute Gasteiger partial charge is 0.497 e. The Kier molecular flexibility index (Phi) is 4.84. The van der Waals surface area contributed by atoms with Crippen LogP contribution in [0.2, 0.25) is 0 Å². The van der Waals surface area contributed by atoms with E-state index in [2.05, 4.69) is 36.5 Å². The number of methoxy groups -OCH3 is 1. The standard InChI is InChI=1S/C20H25N3OS/c1-13-11-18(25-12-13)20-22-17-6-4-3-5-16(17)19(23-20)21-14-7-9-15(24-2)10-8-14/h3,5,7,9-10,13-14,18H,4,6,8,11-12H2,1-2H3,(H,21,22,23). The molecule has 0 amide bonds. The topological polar surface area (TPSA) is 47.0 Å². The zero-order chi connectivity index (χ0) is 17.2. The van der Waals surface area contributed by atoms with Crippen molar-refractivity contribution in [1.82, 2.24) is 9.97 Å². The van der Waals surface area contributed by atoms with Gasteiger partial charge in [-0.25, -0.2) is 9.97 Å². The smallest absolute Gasteiger partial charge is 0.144 e. The summed E-state index contributed by atoms with van der Waals surface area (Å²) in [4.78, 5) is 9.89. The molecule has 1 N–H and O–H groups in total. The summed E-state index contributed by atoms with van der Waals surface area (Å²) in [6.45, 7) is 2.32.